The number of aromatic nitrogens is 1. The van der Waals surface area contributed by atoms with Crippen molar-refractivity contribution in [2.24, 2.45) is 0 Å². The Morgan fingerprint density at radius 3 is 2.42 bits per heavy atom. The highest BCUT2D eigenvalue weighted by Crippen LogP contribution is 2.25. The lowest BCUT2D eigenvalue weighted by Crippen LogP contribution is -2.44. The zero-order valence-electron chi connectivity index (χ0n) is 17.4. The zero-order valence-corrected chi connectivity index (χ0v) is 19.1. The van der Waals surface area contributed by atoms with Crippen molar-refractivity contribution in [1.82, 2.24) is 14.6 Å². The highest BCUT2D eigenvalue weighted by atomic mass is 32.2. The highest BCUT2D eigenvalue weighted by molar-refractivity contribution is 7.89. The summed E-state index contributed by atoms with van der Waals surface area (Å²) in [7, 11) is -3.63. The van der Waals surface area contributed by atoms with Crippen molar-refractivity contribution >= 4 is 21.4 Å². The van der Waals surface area contributed by atoms with Crippen molar-refractivity contribution in [2.75, 3.05) is 13.1 Å². The van der Waals surface area contributed by atoms with Crippen LogP contribution in [-0.2, 0) is 23.0 Å². The van der Waals surface area contributed by atoms with Gasteiger partial charge in [0.1, 0.15) is 10.8 Å². The fourth-order valence-electron chi connectivity index (χ4n) is 3.73. The lowest BCUT2D eigenvalue weighted by molar-refractivity contribution is 0.198. The molecule has 1 N–H and O–H groups in total. The van der Waals surface area contributed by atoms with Gasteiger partial charge in [0.15, 0.2) is 0 Å². The average molecular weight is 460 g/mol. The Bertz CT molecular complexity index is 1100. The fraction of sp³-hybridized carbons (Fsp3) is 0.348. The van der Waals surface area contributed by atoms with Crippen LogP contribution < -0.4 is 4.72 Å². The van der Waals surface area contributed by atoms with Gasteiger partial charge in [0, 0.05) is 36.6 Å². The number of nitrogens with zero attached hydrogens (tertiary/aromatic N) is 2. The van der Waals surface area contributed by atoms with Gasteiger partial charge in [-0.2, -0.15) is 0 Å². The molecule has 3 aromatic rings. The Balaban J connectivity index is 1.30. The molecule has 5 nitrogen and oxygen atoms in total. The Kier molecular flexibility index (Phi) is 6.81. The third-order valence-electron chi connectivity index (χ3n) is 5.58. The normalized spacial score (nSPS) is 15.9. The first-order valence-corrected chi connectivity index (χ1v) is 12.8. The summed E-state index contributed by atoms with van der Waals surface area (Å²) >= 11 is 1.66. The molecule has 0 unspecified atom stereocenters. The van der Waals surface area contributed by atoms with Crippen LogP contribution >= 0.6 is 11.3 Å². The van der Waals surface area contributed by atoms with E-state index in [-0.39, 0.29) is 10.9 Å². The van der Waals surface area contributed by atoms with Crippen LogP contribution in [0.25, 0.3) is 10.6 Å². The number of hydrogen-bond donors (Lipinski definition) is 1. The van der Waals surface area contributed by atoms with Gasteiger partial charge in [-0.05, 0) is 49.1 Å². The van der Waals surface area contributed by atoms with Crippen molar-refractivity contribution in [3.8, 4) is 10.6 Å². The minimum Gasteiger partial charge on any atom is -0.297 e. The summed E-state index contributed by atoms with van der Waals surface area (Å²) in [5.74, 6) is -0.449. The standard InChI is InChI=1S/C23H26FN3O2S2/c1-2-17-3-5-18(6-4-17)23-25-21(16-30-23)15-27-13-11-20(12-14-27)26-31(28,29)22-9-7-19(24)8-10-22/h3-10,16,20,26H,2,11-15H2,1H3. The Hall–Kier alpha value is -2.13. The summed E-state index contributed by atoms with van der Waals surface area (Å²) in [6.45, 7) is 4.51. The van der Waals surface area contributed by atoms with Crippen LogP contribution in [0.4, 0.5) is 4.39 Å². The number of aryl methyl sites for hydroxylation is 1. The molecule has 0 amide bonds. The molecule has 1 fully saturated rings. The SMILES string of the molecule is CCc1ccc(-c2nc(CN3CCC(NS(=O)(=O)c4ccc(F)cc4)CC3)cs2)cc1. The van der Waals surface area contributed by atoms with Crippen LogP contribution in [0, 0.1) is 5.82 Å². The van der Waals surface area contributed by atoms with Crippen LogP contribution in [0.15, 0.2) is 58.8 Å². The molecule has 164 valence electrons. The summed E-state index contributed by atoms with van der Waals surface area (Å²) in [5.41, 5.74) is 3.51. The second-order valence-corrected chi connectivity index (χ2v) is 10.4. The van der Waals surface area contributed by atoms with E-state index in [1.54, 1.807) is 11.3 Å². The van der Waals surface area contributed by atoms with Crippen LogP contribution in [-0.4, -0.2) is 37.4 Å². The first-order valence-electron chi connectivity index (χ1n) is 10.5. The van der Waals surface area contributed by atoms with Crippen molar-refractivity contribution in [2.45, 2.75) is 43.7 Å². The lowest BCUT2D eigenvalue weighted by atomic mass is 10.1. The van der Waals surface area contributed by atoms with Crippen LogP contribution in [0.5, 0.6) is 0 Å². The van der Waals surface area contributed by atoms with Crippen LogP contribution in [0.2, 0.25) is 0 Å². The van der Waals surface area contributed by atoms with E-state index in [1.165, 1.54) is 17.7 Å². The lowest BCUT2D eigenvalue weighted by Gasteiger charge is -2.31. The molecule has 1 aliphatic heterocycles. The van der Waals surface area contributed by atoms with Crippen molar-refractivity contribution in [3.63, 3.8) is 0 Å². The predicted octanol–water partition coefficient (Wildman–Crippen LogP) is 4.45. The first-order chi connectivity index (χ1) is 14.9. The van der Waals surface area contributed by atoms with Gasteiger partial charge in [-0.3, -0.25) is 4.90 Å². The van der Waals surface area contributed by atoms with Gasteiger partial charge in [-0.25, -0.2) is 22.5 Å². The summed E-state index contributed by atoms with van der Waals surface area (Å²) in [6, 6.07) is 13.3. The molecule has 0 radical (unpaired) electrons. The number of rotatable bonds is 7. The van der Waals surface area contributed by atoms with Crippen LogP contribution in [0.3, 0.4) is 0 Å². The predicted molar refractivity (Wildman–Crippen MR) is 122 cm³/mol. The fourth-order valence-corrected chi connectivity index (χ4v) is 5.86. The molecule has 0 bridgehead atoms. The maximum Gasteiger partial charge on any atom is 0.240 e. The number of nitrogens with one attached hydrogen (secondary N) is 1. The zero-order chi connectivity index (χ0) is 21.8. The van der Waals surface area contributed by atoms with Gasteiger partial charge in [0.05, 0.1) is 10.6 Å². The molecule has 0 atom stereocenters. The first kappa shape index (κ1) is 22.1. The second-order valence-electron chi connectivity index (χ2n) is 7.82. The van der Waals surface area contributed by atoms with Gasteiger partial charge >= 0.3 is 0 Å². The number of sulfonamides is 1. The molecule has 0 saturated carbocycles. The average Bonchev–Trinajstić information content (AvgIpc) is 3.24. The number of likely N-dealkylation sites (tertiary alicyclic amines) is 1. The molecule has 0 spiro atoms. The van der Waals surface area contributed by atoms with Gasteiger partial charge < -0.3 is 0 Å². The van der Waals surface area contributed by atoms with Gasteiger partial charge in [0.25, 0.3) is 0 Å². The second kappa shape index (κ2) is 9.56. The number of halogens is 1. The third kappa shape index (κ3) is 5.57. The molecule has 0 aliphatic carbocycles. The van der Waals surface area contributed by atoms with E-state index in [0.29, 0.717) is 0 Å². The molecule has 1 saturated heterocycles. The molecule has 2 heterocycles. The third-order valence-corrected chi connectivity index (χ3v) is 8.06. The molecule has 31 heavy (non-hydrogen) atoms. The van der Waals surface area contributed by atoms with Crippen molar-refractivity contribution in [1.29, 1.82) is 0 Å². The molecule has 2 aromatic carbocycles. The Morgan fingerprint density at radius 2 is 1.77 bits per heavy atom. The Morgan fingerprint density at radius 1 is 1.10 bits per heavy atom. The number of thiazole rings is 1. The number of benzene rings is 2. The van der Waals surface area contributed by atoms with E-state index >= 15 is 0 Å². The summed E-state index contributed by atoms with van der Waals surface area (Å²) in [6.07, 6.45) is 2.49. The molecule has 4 rings (SSSR count). The van der Waals surface area contributed by atoms with Gasteiger partial charge in [-0.15, -0.1) is 11.3 Å². The molecular weight excluding hydrogens is 433 g/mol. The minimum absolute atomic E-state index is 0.0956. The number of piperidine rings is 1. The quantitative estimate of drug-likeness (QED) is 0.567. The smallest absolute Gasteiger partial charge is 0.240 e. The maximum absolute atomic E-state index is 13.1. The summed E-state index contributed by atoms with van der Waals surface area (Å²) < 4.78 is 40.8. The number of hydrogen-bond acceptors (Lipinski definition) is 5. The van der Waals surface area contributed by atoms with Crippen molar-refractivity contribution in [3.05, 3.63) is 71.0 Å². The van der Waals surface area contributed by atoms with Crippen LogP contribution in [0.1, 0.15) is 31.0 Å². The Labute approximate surface area is 187 Å². The monoisotopic (exact) mass is 459 g/mol. The van der Waals surface area contributed by atoms with Gasteiger partial charge in [-0.1, -0.05) is 31.2 Å². The van der Waals surface area contributed by atoms with Crippen molar-refractivity contribution < 1.29 is 12.8 Å². The van der Waals surface area contributed by atoms with E-state index < -0.39 is 15.8 Å². The van der Waals surface area contributed by atoms with E-state index in [1.807, 2.05) is 0 Å². The van der Waals surface area contributed by atoms with E-state index in [2.05, 4.69) is 46.2 Å². The topological polar surface area (TPSA) is 62.3 Å². The maximum atomic E-state index is 13.1. The van der Waals surface area contributed by atoms with E-state index in [4.69, 9.17) is 4.98 Å². The minimum atomic E-state index is -3.63. The van der Waals surface area contributed by atoms with E-state index in [0.717, 1.165) is 67.3 Å². The molecule has 8 heteroatoms. The van der Waals surface area contributed by atoms with Gasteiger partial charge in [0.2, 0.25) is 10.0 Å². The van der Waals surface area contributed by atoms with E-state index in [9.17, 15) is 12.8 Å². The largest absolute Gasteiger partial charge is 0.297 e. The molecule has 1 aliphatic rings. The molecule has 1 aromatic heterocycles. The summed E-state index contributed by atoms with van der Waals surface area (Å²) in [4.78, 5) is 7.19. The summed E-state index contributed by atoms with van der Waals surface area (Å²) in [5, 5.41) is 3.13. The molecular formula is C23H26FN3O2S2. The highest BCUT2D eigenvalue weighted by Gasteiger charge is 2.25.